The van der Waals surface area contributed by atoms with E-state index in [4.69, 9.17) is 0 Å². The highest BCUT2D eigenvalue weighted by molar-refractivity contribution is 7.19. The zero-order valence-electron chi connectivity index (χ0n) is 13.3. The Labute approximate surface area is 128 Å². The lowest BCUT2D eigenvalue weighted by Gasteiger charge is -2.39. The van der Waals surface area contributed by atoms with Crippen LogP contribution in [0.5, 0.6) is 0 Å². The molecule has 0 aromatic carbocycles. The fourth-order valence-electron chi connectivity index (χ4n) is 3.60. The summed E-state index contributed by atoms with van der Waals surface area (Å²) in [7, 11) is 3.22. The van der Waals surface area contributed by atoms with E-state index >= 15 is 0 Å². The fraction of sp³-hybridized carbons (Fsp3) is 0.579. The van der Waals surface area contributed by atoms with Crippen LogP contribution in [-0.2, 0) is 0 Å². The normalized spacial score (nSPS) is 28.4. The molecule has 1 heteroatoms. The van der Waals surface area contributed by atoms with Gasteiger partial charge in [-0.1, -0.05) is 64.2 Å². The monoisotopic (exact) mass is 290 g/mol. The van der Waals surface area contributed by atoms with E-state index in [0.29, 0.717) is 5.16 Å². The number of allylic oxidation sites excluding steroid dienone is 6. The Kier molecular flexibility index (Phi) is 7.52. The van der Waals surface area contributed by atoms with E-state index < -0.39 is 0 Å². The lowest BCUT2D eigenvalue weighted by atomic mass is 9.76. The van der Waals surface area contributed by atoms with Crippen LogP contribution in [0.2, 0.25) is 0 Å². The van der Waals surface area contributed by atoms with Crippen LogP contribution >= 0.6 is 9.24 Å². The zero-order chi connectivity index (χ0) is 15.0. The standard InChI is InChI=1S/C19H31P/c1-5-10-16-12-9-14-19(20,18(7-3)8-4)15-13-17(16)11-6-2/h5-6,10-11,18H,1-2,7-9,12-15,20H2,3-4H3/b16-10-,17-11-. The summed E-state index contributed by atoms with van der Waals surface area (Å²) in [6, 6.07) is 0. The minimum atomic E-state index is 0.420. The molecule has 1 rings (SSSR count). The lowest BCUT2D eigenvalue weighted by molar-refractivity contribution is 0.307. The van der Waals surface area contributed by atoms with Gasteiger partial charge in [0.1, 0.15) is 0 Å². The van der Waals surface area contributed by atoms with Gasteiger partial charge in [0.15, 0.2) is 0 Å². The molecule has 1 saturated carbocycles. The molecule has 0 heterocycles. The Morgan fingerprint density at radius 2 is 1.60 bits per heavy atom. The van der Waals surface area contributed by atoms with Crippen molar-refractivity contribution in [2.45, 2.75) is 63.9 Å². The minimum Gasteiger partial charge on any atom is -0.131 e. The predicted octanol–water partition coefficient (Wildman–Crippen LogP) is 6.23. The molecule has 1 aliphatic rings. The Morgan fingerprint density at radius 3 is 2.10 bits per heavy atom. The summed E-state index contributed by atoms with van der Waals surface area (Å²) in [5.74, 6) is 0.822. The molecule has 0 spiro atoms. The van der Waals surface area contributed by atoms with Crippen molar-refractivity contribution >= 4 is 9.24 Å². The van der Waals surface area contributed by atoms with Gasteiger partial charge in [0.2, 0.25) is 0 Å². The zero-order valence-corrected chi connectivity index (χ0v) is 14.5. The molecular weight excluding hydrogens is 259 g/mol. The summed E-state index contributed by atoms with van der Waals surface area (Å²) in [6.45, 7) is 12.4. The van der Waals surface area contributed by atoms with Crippen molar-refractivity contribution in [2.75, 3.05) is 0 Å². The maximum Gasteiger partial charge on any atom is -0.0119 e. The van der Waals surface area contributed by atoms with E-state index in [2.05, 4.69) is 48.4 Å². The van der Waals surface area contributed by atoms with Crippen molar-refractivity contribution in [3.63, 3.8) is 0 Å². The predicted molar refractivity (Wildman–Crippen MR) is 96.2 cm³/mol. The van der Waals surface area contributed by atoms with Gasteiger partial charge >= 0.3 is 0 Å². The largest absolute Gasteiger partial charge is 0.131 e. The van der Waals surface area contributed by atoms with Crippen molar-refractivity contribution < 1.29 is 0 Å². The Balaban J connectivity index is 2.95. The summed E-state index contributed by atoms with van der Waals surface area (Å²) in [6.07, 6.45) is 17.0. The minimum absolute atomic E-state index is 0.420. The van der Waals surface area contributed by atoms with Crippen molar-refractivity contribution in [1.82, 2.24) is 0 Å². The molecule has 0 bridgehead atoms. The highest BCUT2D eigenvalue weighted by Crippen LogP contribution is 2.44. The topological polar surface area (TPSA) is 0 Å². The Morgan fingerprint density at radius 1 is 1.05 bits per heavy atom. The van der Waals surface area contributed by atoms with Gasteiger partial charge in [-0.3, -0.25) is 0 Å². The molecule has 0 aliphatic heterocycles. The molecule has 0 aromatic rings. The molecule has 0 N–H and O–H groups in total. The SMILES string of the molecule is C=C/C=C1/CCCC(P)(C(CC)CC)CC/C1=C/C=C. The second-order valence-corrected chi connectivity index (χ2v) is 7.11. The number of hydrogen-bond donors (Lipinski definition) is 0. The van der Waals surface area contributed by atoms with Crippen LogP contribution in [0.4, 0.5) is 0 Å². The van der Waals surface area contributed by atoms with Crippen LogP contribution in [0.25, 0.3) is 0 Å². The molecule has 2 unspecified atom stereocenters. The maximum atomic E-state index is 3.87. The summed E-state index contributed by atoms with van der Waals surface area (Å²) in [5, 5.41) is 0.420. The number of rotatable bonds is 5. The quantitative estimate of drug-likeness (QED) is 0.527. The first-order chi connectivity index (χ1) is 9.61. The van der Waals surface area contributed by atoms with E-state index in [1.54, 1.807) is 0 Å². The second kappa shape index (κ2) is 8.63. The lowest BCUT2D eigenvalue weighted by Crippen LogP contribution is -2.32. The third-order valence-electron chi connectivity index (χ3n) is 4.80. The average Bonchev–Trinajstić information content (AvgIpc) is 2.42. The molecule has 20 heavy (non-hydrogen) atoms. The van der Waals surface area contributed by atoms with Crippen LogP contribution in [0.3, 0.4) is 0 Å². The third kappa shape index (κ3) is 4.45. The number of hydrogen-bond acceptors (Lipinski definition) is 0. The third-order valence-corrected chi connectivity index (χ3v) is 5.85. The van der Waals surface area contributed by atoms with E-state index in [1.165, 1.54) is 49.7 Å². The molecule has 0 aromatic heterocycles. The van der Waals surface area contributed by atoms with Gasteiger partial charge in [-0.05, 0) is 54.3 Å². The summed E-state index contributed by atoms with van der Waals surface area (Å²) >= 11 is 0. The Hall–Kier alpha value is -0.610. The molecule has 112 valence electrons. The maximum absolute atomic E-state index is 3.87. The van der Waals surface area contributed by atoms with Gasteiger partial charge in [-0.2, -0.15) is 0 Å². The first-order valence-electron chi connectivity index (χ1n) is 8.03. The van der Waals surface area contributed by atoms with Crippen LogP contribution in [0, 0.1) is 5.92 Å². The van der Waals surface area contributed by atoms with Crippen LogP contribution in [0.1, 0.15) is 58.8 Å². The van der Waals surface area contributed by atoms with Crippen molar-refractivity contribution in [2.24, 2.45) is 5.92 Å². The molecule has 2 atom stereocenters. The van der Waals surface area contributed by atoms with Gasteiger partial charge in [0, 0.05) is 0 Å². The molecule has 1 aliphatic carbocycles. The highest BCUT2D eigenvalue weighted by atomic mass is 31.0. The van der Waals surface area contributed by atoms with E-state index in [9.17, 15) is 0 Å². The summed E-state index contributed by atoms with van der Waals surface area (Å²) in [5.41, 5.74) is 2.91. The summed E-state index contributed by atoms with van der Waals surface area (Å²) < 4.78 is 0. The van der Waals surface area contributed by atoms with E-state index in [1.807, 2.05) is 12.2 Å². The van der Waals surface area contributed by atoms with E-state index in [-0.39, 0.29) is 0 Å². The first-order valence-corrected chi connectivity index (χ1v) is 8.61. The van der Waals surface area contributed by atoms with Crippen LogP contribution < -0.4 is 0 Å². The highest BCUT2D eigenvalue weighted by Gasteiger charge is 2.33. The molecular formula is C19H31P. The van der Waals surface area contributed by atoms with Gasteiger partial charge in [-0.25, -0.2) is 0 Å². The molecule has 0 nitrogen and oxygen atoms in total. The Bertz CT molecular complexity index is 385. The van der Waals surface area contributed by atoms with Crippen molar-refractivity contribution in [3.05, 3.63) is 48.6 Å². The van der Waals surface area contributed by atoms with Crippen LogP contribution in [0.15, 0.2) is 48.6 Å². The molecule has 1 fully saturated rings. The second-order valence-electron chi connectivity index (χ2n) is 5.96. The molecule has 0 saturated heterocycles. The van der Waals surface area contributed by atoms with Crippen LogP contribution in [-0.4, -0.2) is 5.16 Å². The van der Waals surface area contributed by atoms with Gasteiger partial charge < -0.3 is 0 Å². The van der Waals surface area contributed by atoms with Crippen molar-refractivity contribution in [1.29, 1.82) is 0 Å². The average molecular weight is 290 g/mol. The van der Waals surface area contributed by atoms with Gasteiger partial charge in [0.25, 0.3) is 0 Å². The smallest absolute Gasteiger partial charge is 0.0119 e. The van der Waals surface area contributed by atoms with E-state index in [0.717, 1.165) is 12.3 Å². The fourth-order valence-corrected chi connectivity index (χ4v) is 4.42. The van der Waals surface area contributed by atoms with Crippen molar-refractivity contribution in [3.8, 4) is 0 Å². The first kappa shape index (κ1) is 17.4. The molecule has 0 amide bonds. The van der Waals surface area contributed by atoms with Gasteiger partial charge in [-0.15, -0.1) is 9.24 Å². The van der Waals surface area contributed by atoms with Gasteiger partial charge in [0.05, 0.1) is 0 Å². The molecule has 0 radical (unpaired) electrons. The summed E-state index contributed by atoms with van der Waals surface area (Å²) in [4.78, 5) is 0.